The molecule has 4 aromatic rings. The van der Waals surface area contributed by atoms with Gasteiger partial charge >= 0.3 is 0 Å². The molecule has 0 bridgehead atoms. The van der Waals surface area contributed by atoms with E-state index in [1.807, 2.05) is 72.2 Å². The molecule has 26 heavy (non-hydrogen) atoms. The predicted octanol–water partition coefficient (Wildman–Crippen LogP) is 3.91. The smallest absolute Gasteiger partial charge is 0.251 e. The second-order valence-electron chi connectivity index (χ2n) is 6.13. The zero-order chi connectivity index (χ0) is 17.9. The lowest BCUT2D eigenvalue weighted by atomic mass is 10.1. The van der Waals surface area contributed by atoms with Crippen LogP contribution >= 0.6 is 0 Å². The van der Waals surface area contributed by atoms with E-state index in [0.29, 0.717) is 5.56 Å². The van der Waals surface area contributed by atoms with Crippen LogP contribution in [0.1, 0.15) is 28.9 Å². The van der Waals surface area contributed by atoms with E-state index in [0.717, 1.165) is 22.3 Å². The second kappa shape index (κ2) is 6.80. The second-order valence-corrected chi connectivity index (χ2v) is 6.13. The van der Waals surface area contributed by atoms with Crippen molar-refractivity contribution in [1.29, 1.82) is 0 Å². The third-order valence-corrected chi connectivity index (χ3v) is 4.41. The highest BCUT2D eigenvalue weighted by atomic mass is 16.1. The summed E-state index contributed by atoms with van der Waals surface area (Å²) in [5, 5.41) is 3.01. The van der Waals surface area contributed by atoms with Gasteiger partial charge in [-0.2, -0.15) is 0 Å². The summed E-state index contributed by atoms with van der Waals surface area (Å²) in [7, 11) is 0. The topological polar surface area (TPSA) is 59.8 Å². The van der Waals surface area contributed by atoms with E-state index in [4.69, 9.17) is 0 Å². The Morgan fingerprint density at radius 1 is 1.00 bits per heavy atom. The number of fused-ring (bicyclic) bond motifs is 1. The fraction of sp³-hybridized carbons (Fsp3) is 0.0952. The SMILES string of the molecule is CC(NC(=O)c1ccc(-n2cnc3ccccc32)cc1)c1ccncc1. The van der Waals surface area contributed by atoms with Crippen LogP contribution in [0.2, 0.25) is 0 Å². The van der Waals surface area contributed by atoms with E-state index >= 15 is 0 Å². The maximum absolute atomic E-state index is 12.5. The van der Waals surface area contributed by atoms with Crippen LogP contribution in [-0.2, 0) is 0 Å². The van der Waals surface area contributed by atoms with Crippen LogP contribution in [0.15, 0.2) is 79.4 Å². The Balaban J connectivity index is 1.53. The molecule has 2 heterocycles. The lowest BCUT2D eigenvalue weighted by Crippen LogP contribution is -2.26. The average Bonchev–Trinajstić information content (AvgIpc) is 3.13. The first-order valence-corrected chi connectivity index (χ1v) is 8.46. The largest absolute Gasteiger partial charge is 0.346 e. The van der Waals surface area contributed by atoms with Crippen molar-refractivity contribution in [2.75, 3.05) is 0 Å². The minimum Gasteiger partial charge on any atom is -0.346 e. The van der Waals surface area contributed by atoms with Gasteiger partial charge in [0.05, 0.1) is 17.1 Å². The van der Waals surface area contributed by atoms with Gasteiger partial charge in [-0.1, -0.05) is 12.1 Å². The minimum absolute atomic E-state index is 0.0808. The molecule has 0 aliphatic heterocycles. The number of amides is 1. The third kappa shape index (κ3) is 3.07. The van der Waals surface area contributed by atoms with Crippen molar-refractivity contribution in [3.8, 4) is 5.69 Å². The van der Waals surface area contributed by atoms with Gasteiger partial charge in [-0.25, -0.2) is 4.98 Å². The van der Waals surface area contributed by atoms with Crippen LogP contribution in [-0.4, -0.2) is 20.4 Å². The summed E-state index contributed by atoms with van der Waals surface area (Å²) in [6.45, 7) is 1.96. The summed E-state index contributed by atoms with van der Waals surface area (Å²) in [5.41, 5.74) is 4.60. The number of carbonyl (C=O) groups is 1. The van der Waals surface area contributed by atoms with Crippen LogP contribution in [0.5, 0.6) is 0 Å². The summed E-state index contributed by atoms with van der Waals surface area (Å²) in [5.74, 6) is -0.101. The van der Waals surface area contributed by atoms with Crippen LogP contribution in [0.25, 0.3) is 16.7 Å². The Morgan fingerprint density at radius 2 is 1.73 bits per heavy atom. The number of hydrogen-bond donors (Lipinski definition) is 1. The number of carbonyl (C=O) groups excluding carboxylic acids is 1. The average molecular weight is 342 g/mol. The van der Waals surface area contributed by atoms with E-state index in [2.05, 4.69) is 15.3 Å². The quantitative estimate of drug-likeness (QED) is 0.612. The molecule has 0 aliphatic rings. The molecular formula is C21H18N4O. The highest BCUT2D eigenvalue weighted by Crippen LogP contribution is 2.19. The highest BCUT2D eigenvalue weighted by molar-refractivity contribution is 5.94. The van der Waals surface area contributed by atoms with Gasteiger partial charge in [-0.3, -0.25) is 14.3 Å². The first-order chi connectivity index (χ1) is 12.7. The van der Waals surface area contributed by atoms with Gasteiger partial charge in [0, 0.05) is 23.6 Å². The van der Waals surface area contributed by atoms with Crippen molar-refractivity contribution in [1.82, 2.24) is 19.9 Å². The van der Waals surface area contributed by atoms with Crippen molar-refractivity contribution in [2.24, 2.45) is 0 Å². The predicted molar refractivity (Wildman–Crippen MR) is 101 cm³/mol. The Bertz CT molecular complexity index is 1040. The fourth-order valence-electron chi connectivity index (χ4n) is 2.95. The number of pyridine rings is 1. The van der Waals surface area contributed by atoms with Gasteiger partial charge in [-0.15, -0.1) is 0 Å². The van der Waals surface area contributed by atoms with Crippen LogP contribution in [0.3, 0.4) is 0 Å². The van der Waals surface area contributed by atoms with E-state index in [9.17, 15) is 4.79 Å². The monoisotopic (exact) mass is 342 g/mol. The number of nitrogens with one attached hydrogen (secondary N) is 1. The summed E-state index contributed by atoms with van der Waals surface area (Å²) in [6, 6.07) is 19.2. The first kappa shape index (κ1) is 16.0. The Labute approximate surface area is 151 Å². The molecule has 128 valence electrons. The maximum atomic E-state index is 12.5. The molecule has 0 aliphatic carbocycles. The van der Waals surface area contributed by atoms with Crippen LogP contribution < -0.4 is 5.32 Å². The van der Waals surface area contributed by atoms with Crippen molar-refractivity contribution in [3.63, 3.8) is 0 Å². The van der Waals surface area contributed by atoms with E-state index in [-0.39, 0.29) is 11.9 Å². The number of rotatable bonds is 4. The van der Waals surface area contributed by atoms with Crippen molar-refractivity contribution in [3.05, 3.63) is 90.5 Å². The van der Waals surface area contributed by atoms with Gasteiger partial charge in [0.15, 0.2) is 0 Å². The van der Waals surface area contributed by atoms with E-state index in [1.54, 1.807) is 18.7 Å². The number of para-hydroxylation sites is 2. The van der Waals surface area contributed by atoms with Crippen molar-refractivity contribution in [2.45, 2.75) is 13.0 Å². The van der Waals surface area contributed by atoms with Gasteiger partial charge in [0.2, 0.25) is 0 Å². The Hall–Kier alpha value is -3.47. The number of aromatic nitrogens is 3. The van der Waals surface area contributed by atoms with Crippen LogP contribution in [0, 0.1) is 0 Å². The standard InChI is InChI=1S/C21H18N4O/c1-15(16-10-12-22-13-11-16)24-21(26)17-6-8-18(9-7-17)25-14-23-19-4-2-3-5-20(19)25/h2-15H,1H3,(H,24,26). The molecular weight excluding hydrogens is 324 g/mol. The molecule has 5 heteroatoms. The molecule has 2 aromatic heterocycles. The number of imidazole rings is 1. The lowest BCUT2D eigenvalue weighted by molar-refractivity contribution is 0.0940. The minimum atomic E-state index is -0.101. The molecule has 4 rings (SSSR count). The van der Waals surface area contributed by atoms with E-state index in [1.165, 1.54) is 0 Å². The van der Waals surface area contributed by atoms with Crippen LogP contribution in [0.4, 0.5) is 0 Å². The van der Waals surface area contributed by atoms with Gasteiger partial charge in [-0.05, 0) is 61.0 Å². The summed E-state index contributed by atoms with van der Waals surface area (Å²) in [4.78, 5) is 20.9. The number of benzene rings is 2. The molecule has 1 amide bonds. The molecule has 0 radical (unpaired) electrons. The maximum Gasteiger partial charge on any atom is 0.251 e. The molecule has 5 nitrogen and oxygen atoms in total. The highest BCUT2D eigenvalue weighted by Gasteiger charge is 2.12. The Kier molecular flexibility index (Phi) is 4.19. The van der Waals surface area contributed by atoms with E-state index < -0.39 is 0 Å². The van der Waals surface area contributed by atoms with Crippen molar-refractivity contribution < 1.29 is 4.79 Å². The fourth-order valence-corrected chi connectivity index (χ4v) is 2.95. The van der Waals surface area contributed by atoms with Gasteiger partial charge < -0.3 is 5.32 Å². The molecule has 0 saturated carbocycles. The number of nitrogens with zero attached hydrogens (tertiary/aromatic N) is 3. The third-order valence-electron chi connectivity index (χ3n) is 4.41. The zero-order valence-electron chi connectivity index (χ0n) is 14.3. The molecule has 1 N–H and O–H groups in total. The van der Waals surface area contributed by atoms with Crippen molar-refractivity contribution >= 4 is 16.9 Å². The number of hydrogen-bond acceptors (Lipinski definition) is 3. The summed E-state index contributed by atoms with van der Waals surface area (Å²) < 4.78 is 2.01. The zero-order valence-corrected chi connectivity index (χ0v) is 14.3. The lowest BCUT2D eigenvalue weighted by Gasteiger charge is -2.14. The molecule has 1 atom stereocenters. The molecule has 1 unspecified atom stereocenters. The first-order valence-electron chi connectivity index (χ1n) is 8.46. The molecule has 2 aromatic carbocycles. The summed E-state index contributed by atoms with van der Waals surface area (Å²) >= 11 is 0. The summed E-state index contributed by atoms with van der Waals surface area (Å²) in [6.07, 6.45) is 5.25. The molecule has 0 saturated heterocycles. The molecule has 0 spiro atoms. The molecule has 0 fully saturated rings. The van der Waals surface area contributed by atoms with Gasteiger partial charge in [0.25, 0.3) is 5.91 Å². The Morgan fingerprint density at radius 3 is 2.50 bits per heavy atom. The normalized spacial score (nSPS) is 12.0. The van der Waals surface area contributed by atoms with Gasteiger partial charge in [0.1, 0.15) is 6.33 Å².